The molecule has 1 saturated heterocycles. The number of hydrogen-bond acceptors (Lipinski definition) is 1. The van der Waals surface area contributed by atoms with Gasteiger partial charge >= 0.3 is 0 Å². The highest BCUT2D eigenvalue weighted by molar-refractivity contribution is 5.83. The largest absolute Gasteiger partial charge is 0.340 e. The number of allylic oxidation sites excluding steroid dienone is 1. The minimum absolute atomic E-state index is 0.201. The van der Waals surface area contributed by atoms with Gasteiger partial charge in [0.2, 0.25) is 5.91 Å². The highest BCUT2D eigenvalue weighted by atomic mass is 16.2. The summed E-state index contributed by atoms with van der Waals surface area (Å²) < 4.78 is 0. The van der Waals surface area contributed by atoms with Gasteiger partial charge < -0.3 is 4.90 Å². The second kappa shape index (κ2) is 6.23. The van der Waals surface area contributed by atoms with Crippen molar-refractivity contribution in [3.05, 3.63) is 12.7 Å². The Labute approximate surface area is 106 Å². The highest BCUT2D eigenvalue weighted by Crippen LogP contribution is 2.35. The van der Waals surface area contributed by atoms with Crippen LogP contribution in [0.1, 0.15) is 59.3 Å². The average molecular weight is 237 g/mol. The molecule has 1 atom stereocenters. The molecular weight excluding hydrogens is 210 g/mol. The van der Waals surface area contributed by atoms with Crippen molar-refractivity contribution in [1.29, 1.82) is 0 Å². The van der Waals surface area contributed by atoms with Crippen LogP contribution in [0.25, 0.3) is 0 Å². The minimum atomic E-state index is -0.201. The smallest absolute Gasteiger partial charge is 0.229 e. The van der Waals surface area contributed by atoms with Crippen molar-refractivity contribution in [1.82, 2.24) is 4.90 Å². The monoisotopic (exact) mass is 237 g/mol. The molecule has 0 aromatic heterocycles. The van der Waals surface area contributed by atoms with Crippen LogP contribution < -0.4 is 0 Å². The molecule has 1 aliphatic heterocycles. The van der Waals surface area contributed by atoms with Crippen molar-refractivity contribution in [2.24, 2.45) is 5.41 Å². The van der Waals surface area contributed by atoms with E-state index in [1.807, 2.05) is 6.08 Å². The predicted octanol–water partition coefficient (Wildman–Crippen LogP) is 3.77. The number of rotatable bonds is 5. The molecule has 1 aliphatic rings. The van der Waals surface area contributed by atoms with Crippen LogP contribution in [0.15, 0.2) is 12.7 Å². The van der Waals surface area contributed by atoms with Crippen molar-refractivity contribution >= 4 is 5.91 Å². The normalized spacial score (nSPS) is 21.4. The van der Waals surface area contributed by atoms with Crippen molar-refractivity contribution in [3.63, 3.8) is 0 Å². The minimum Gasteiger partial charge on any atom is -0.340 e. The molecule has 1 fully saturated rings. The molecule has 1 unspecified atom stereocenters. The van der Waals surface area contributed by atoms with Crippen molar-refractivity contribution in [2.75, 3.05) is 6.54 Å². The Morgan fingerprint density at radius 1 is 1.41 bits per heavy atom. The first kappa shape index (κ1) is 14.3. The molecule has 0 aromatic carbocycles. The lowest BCUT2D eigenvalue weighted by atomic mass is 9.77. The first-order valence-electron chi connectivity index (χ1n) is 7.03. The Balaban J connectivity index is 2.86. The summed E-state index contributed by atoms with van der Waals surface area (Å²) >= 11 is 0. The number of piperidine rings is 1. The van der Waals surface area contributed by atoms with Gasteiger partial charge in [0, 0.05) is 12.6 Å². The third kappa shape index (κ3) is 2.91. The van der Waals surface area contributed by atoms with Gasteiger partial charge in [-0.1, -0.05) is 19.9 Å². The Morgan fingerprint density at radius 2 is 2.06 bits per heavy atom. The van der Waals surface area contributed by atoms with E-state index >= 15 is 0 Å². The van der Waals surface area contributed by atoms with Gasteiger partial charge in [0.05, 0.1) is 5.41 Å². The molecule has 0 radical (unpaired) electrons. The SMILES string of the molecule is C=CCC(CC)(CC)C(=O)N1CCCCC1C. The van der Waals surface area contributed by atoms with E-state index in [9.17, 15) is 4.79 Å². The molecule has 0 N–H and O–H groups in total. The summed E-state index contributed by atoms with van der Waals surface area (Å²) in [6.45, 7) is 11.2. The van der Waals surface area contributed by atoms with Gasteiger partial charge in [-0.2, -0.15) is 0 Å². The predicted molar refractivity (Wildman–Crippen MR) is 72.9 cm³/mol. The van der Waals surface area contributed by atoms with Gasteiger partial charge in [0.1, 0.15) is 0 Å². The standard InChI is InChI=1S/C15H27NO/c1-5-11-15(6-2,7-3)14(17)16-12-9-8-10-13(16)4/h5,13H,1,6-12H2,2-4H3. The molecule has 2 nitrogen and oxygen atoms in total. The molecule has 0 aliphatic carbocycles. The summed E-state index contributed by atoms with van der Waals surface area (Å²) in [5.74, 6) is 0.356. The summed E-state index contributed by atoms with van der Waals surface area (Å²) in [6, 6.07) is 0.415. The quantitative estimate of drug-likeness (QED) is 0.667. The van der Waals surface area contributed by atoms with Crippen LogP contribution in [-0.2, 0) is 4.79 Å². The number of amides is 1. The maximum Gasteiger partial charge on any atom is 0.229 e. The lowest BCUT2D eigenvalue weighted by Crippen LogP contribution is -2.49. The molecule has 0 aromatic rings. The highest BCUT2D eigenvalue weighted by Gasteiger charge is 2.38. The number of carbonyl (C=O) groups excluding carboxylic acids is 1. The molecule has 0 saturated carbocycles. The Bertz CT molecular complexity index is 268. The van der Waals surface area contributed by atoms with Crippen molar-refractivity contribution in [3.8, 4) is 0 Å². The molecule has 1 rings (SSSR count). The first-order valence-corrected chi connectivity index (χ1v) is 7.03. The molecule has 0 spiro atoms. The van der Waals surface area contributed by atoms with Crippen LogP contribution in [0.2, 0.25) is 0 Å². The van der Waals surface area contributed by atoms with Gasteiger partial charge in [-0.05, 0) is 45.4 Å². The van der Waals surface area contributed by atoms with E-state index in [1.165, 1.54) is 6.42 Å². The zero-order valence-electron chi connectivity index (χ0n) is 11.7. The van der Waals surface area contributed by atoms with Gasteiger partial charge in [0.25, 0.3) is 0 Å². The van der Waals surface area contributed by atoms with Crippen molar-refractivity contribution in [2.45, 2.75) is 65.3 Å². The molecule has 1 amide bonds. The Morgan fingerprint density at radius 3 is 2.53 bits per heavy atom. The zero-order valence-corrected chi connectivity index (χ0v) is 11.7. The summed E-state index contributed by atoms with van der Waals surface area (Å²) in [6.07, 6.45) is 8.12. The van der Waals surface area contributed by atoms with E-state index in [1.54, 1.807) is 0 Å². The van der Waals surface area contributed by atoms with E-state index in [-0.39, 0.29) is 5.41 Å². The molecule has 98 valence electrons. The second-order valence-electron chi connectivity index (χ2n) is 5.32. The third-order valence-electron chi connectivity index (χ3n) is 4.41. The molecular formula is C15H27NO. The molecule has 17 heavy (non-hydrogen) atoms. The van der Waals surface area contributed by atoms with E-state index in [0.717, 1.165) is 38.6 Å². The van der Waals surface area contributed by atoms with E-state index in [4.69, 9.17) is 0 Å². The van der Waals surface area contributed by atoms with Crippen molar-refractivity contribution < 1.29 is 4.79 Å². The maximum atomic E-state index is 12.8. The summed E-state index contributed by atoms with van der Waals surface area (Å²) in [7, 11) is 0. The van der Waals surface area contributed by atoms with Crippen LogP contribution in [-0.4, -0.2) is 23.4 Å². The average Bonchev–Trinajstić information content (AvgIpc) is 2.36. The first-order chi connectivity index (χ1) is 8.11. The number of carbonyl (C=O) groups is 1. The van der Waals surface area contributed by atoms with Crippen LogP contribution in [0, 0.1) is 5.41 Å². The van der Waals surface area contributed by atoms with Crippen LogP contribution >= 0.6 is 0 Å². The molecule has 0 bridgehead atoms. The zero-order chi connectivity index (χ0) is 12.9. The summed E-state index contributed by atoms with van der Waals surface area (Å²) in [4.78, 5) is 14.9. The Hall–Kier alpha value is -0.790. The van der Waals surface area contributed by atoms with Gasteiger partial charge in [0.15, 0.2) is 0 Å². The maximum absolute atomic E-state index is 12.8. The lowest BCUT2D eigenvalue weighted by molar-refractivity contribution is -0.146. The fraction of sp³-hybridized carbons (Fsp3) is 0.800. The van der Waals surface area contributed by atoms with Gasteiger partial charge in [-0.15, -0.1) is 6.58 Å². The third-order valence-corrected chi connectivity index (χ3v) is 4.41. The summed E-state index contributed by atoms with van der Waals surface area (Å²) in [5, 5.41) is 0. The second-order valence-corrected chi connectivity index (χ2v) is 5.32. The number of nitrogens with zero attached hydrogens (tertiary/aromatic N) is 1. The lowest BCUT2D eigenvalue weighted by Gasteiger charge is -2.41. The topological polar surface area (TPSA) is 20.3 Å². The van der Waals surface area contributed by atoms with E-state index in [2.05, 4.69) is 32.3 Å². The fourth-order valence-electron chi connectivity index (χ4n) is 2.91. The fourth-order valence-corrected chi connectivity index (χ4v) is 2.91. The van der Waals surface area contributed by atoms with Crippen LogP contribution in [0.5, 0.6) is 0 Å². The van der Waals surface area contributed by atoms with Gasteiger partial charge in [-0.3, -0.25) is 4.79 Å². The van der Waals surface area contributed by atoms with E-state index < -0.39 is 0 Å². The number of likely N-dealkylation sites (tertiary alicyclic amines) is 1. The van der Waals surface area contributed by atoms with Crippen LogP contribution in [0.4, 0.5) is 0 Å². The van der Waals surface area contributed by atoms with E-state index in [0.29, 0.717) is 11.9 Å². The number of hydrogen-bond donors (Lipinski definition) is 0. The molecule has 2 heteroatoms. The molecule has 1 heterocycles. The van der Waals surface area contributed by atoms with Crippen LogP contribution in [0.3, 0.4) is 0 Å². The Kier molecular flexibility index (Phi) is 5.23. The summed E-state index contributed by atoms with van der Waals surface area (Å²) in [5.41, 5.74) is -0.201. The van der Waals surface area contributed by atoms with Gasteiger partial charge in [-0.25, -0.2) is 0 Å².